The van der Waals surface area contributed by atoms with Crippen molar-refractivity contribution in [3.05, 3.63) is 181 Å². The van der Waals surface area contributed by atoms with Crippen molar-refractivity contribution in [3.8, 4) is 0 Å². The van der Waals surface area contributed by atoms with Crippen LogP contribution in [0.3, 0.4) is 0 Å². The predicted molar refractivity (Wildman–Crippen MR) is 252 cm³/mol. The van der Waals surface area contributed by atoms with E-state index in [4.69, 9.17) is 37.6 Å². The van der Waals surface area contributed by atoms with Crippen LogP contribution in [0.2, 0.25) is 5.04 Å². The van der Waals surface area contributed by atoms with Crippen LogP contribution in [-0.4, -0.2) is 101 Å². The molecule has 0 aliphatic carbocycles. The third kappa shape index (κ3) is 11.4. The van der Waals surface area contributed by atoms with E-state index in [1.807, 2.05) is 61.5 Å². The van der Waals surface area contributed by atoms with E-state index in [1.54, 1.807) is 84.9 Å². The van der Waals surface area contributed by atoms with Gasteiger partial charge < -0.3 is 37.6 Å². The molecule has 340 valence electrons. The van der Waals surface area contributed by atoms with Crippen LogP contribution in [0.25, 0.3) is 0 Å². The average molecular weight is 917 g/mol. The number of benzene rings is 5. The van der Waals surface area contributed by atoms with Crippen molar-refractivity contribution >= 4 is 48.4 Å². The molecule has 65 heavy (non-hydrogen) atoms. The van der Waals surface area contributed by atoms with Crippen LogP contribution in [0.1, 0.15) is 58.8 Å². The second kappa shape index (κ2) is 22.2. The van der Waals surface area contributed by atoms with E-state index >= 15 is 0 Å². The average Bonchev–Trinajstić information content (AvgIpc) is 3.34. The largest absolute Gasteiger partial charge is 0.459 e. The minimum Gasteiger partial charge on any atom is -0.459 e. The molecule has 11 nitrogen and oxygen atoms in total. The van der Waals surface area contributed by atoms with Gasteiger partial charge in [0.1, 0.15) is 12.7 Å². The van der Waals surface area contributed by atoms with Gasteiger partial charge in [-0.1, -0.05) is 142 Å². The molecule has 0 bridgehead atoms. The summed E-state index contributed by atoms with van der Waals surface area (Å²) in [5.41, 5.74) is 0.919. The summed E-state index contributed by atoms with van der Waals surface area (Å²) in [5.74, 6) is -1.90. The Bertz CT molecular complexity index is 2270. The van der Waals surface area contributed by atoms with Crippen LogP contribution in [0, 0.1) is 0 Å². The van der Waals surface area contributed by atoms with Crippen molar-refractivity contribution < 1.29 is 52.0 Å². The molecule has 0 unspecified atom stereocenters. The van der Waals surface area contributed by atoms with Crippen LogP contribution >= 0.6 is 11.8 Å². The number of methoxy groups -OCH3 is 1. The third-order valence-electron chi connectivity index (χ3n) is 11.4. The second-order valence-electron chi connectivity index (χ2n) is 16.6. The Hall–Kier alpha value is -5.38. The first kappa shape index (κ1) is 47.6. The molecule has 2 heterocycles. The second-order valence-corrected chi connectivity index (χ2v) is 22.3. The van der Waals surface area contributed by atoms with E-state index in [0.717, 1.165) is 10.4 Å². The molecule has 2 aliphatic heterocycles. The lowest BCUT2D eigenvalue weighted by Gasteiger charge is -2.47. The molecular weight excluding hydrogens is 861 g/mol. The number of esters is 3. The molecule has 2 aliphatic rings. The Labute approximate surface area is 386 Å². The summed E-state index contributed by atoms with van der Waals surface area (Å²) in [6.45, 7) is 8.85. The van der Waals surface area contributed by atoms with E-state index in [-0.39, 0.29) is 29.4 Å². The lowest BCUT2D eigenvalue weighted by atomic mass is 10.0. The summed E-state index contributed by atoms with van der Waals surface area (Å²) in [7, 11) is -1.64. The molecule has 5 aromatic rings. The molecule has 0 amide bonds. The number of ether oxygens (including phenoxy) is 7. The summed E-state index contributed by atoms with van der Waals surface area (Å²) in [4.78, 5) is 41.5. The molecule has 0 radical (unpaired) electrons. The molecule has 7 rings (SSSR count). The molecule has 13 heteroatoms. The highest BCUT2D eigenvalue weighted by Crippen LogP contribution is 2.42. The summed E-state index contributed by atoms with van der Waals surface area (Å²) in [6, 6.07) is 46.4. The maximum atomic E-state index is 14.2. The van der Waals surface area contributed by atoms with Crippen molar-refractivity contribution in [2.45, 2.75) is 80.2 Å². The fraction of sp³-hybridized carbons (Fsp3) is 0.327. The van der Waals surface area contributed by atoms with Crippen LogP contribution in [-0.2, 0) is 37.6 Å². The van der Waals surface area contributed by atoms with Crippen molar-refractivity contribution in [3.63, 3.8) is 0 Å². The number of hydrogen-bond donors (Lipinski definition) is 0. The topological polar surface area (TPSA) is 125 Å². The fourth-order valence-corrected chi connectivity index (χ4v) is 14.4. The Kier molecular flexibility index (Phi) is 16.3. The highest BCUT2D eigenvalue weighted by molar-refractivity contribution is 8.00. The third-order valence-corrected chi connectivity index (χ3v) is 18.0. The summed E-state index contributed by atoms with van der Waals surface area (Å²) in [5, 5.41) is 0.572. The Morgan fingerprint density at radius 1 is 0.600 bits per heavy atom. The number of hydrogen-bond acceptors (Lipinski definition) is 12. The minimum absolute atomic E-state index is 0.154. The monoisotopic (exact) mass is 916 g/mol. The van der Waals surface area contributed by atoms with Crippen LogP contribution < -0.4 is 10.4 Å². The Morgan fingerprint density at radius 3 is 1.55 bits per heavy atom. The van der Waals surface area contributed by atoms with Gasteiger partial charge >= 0.3 is 17.9 Å². The molecule has 0 N–H and O–H groups in total. The number of thioether (sulfide) groups is 1. The van der Waals surface area contributed by atoms with E-state index in [2.05, 4.69) is 45.0 Å². The zero-order valence-corrected chi connectivity index (χ0v) is 39.0. The Morgan fingerprint density at radius 2 is 1.08 bits per heavy atom. The molecule has 1 saturated heterocycles. The first-order chi connectivity index (χ1) is 31.5. The van der Waals surface area contributed by atoms with Crippen molar-refractivity contribution in [2.75, 3.05) is 26.9 Å². The predicted octanol–water partition coefficient (Wildman–Crippen LogP) is 8.03. The molecule has 1 fully saturated rings. The van der Waals surface area contributed by atoms with Crippen molar-refractivity contribution in [1.29, 1.82) is 0 Å². The van der Waals surface area contributed by atoms with Gasteiger partial charge in [0.2, 0.25) is 0 Å². The van der Waals surface area contributed by atoms with Crippen LogP contribution in [0.5, 0.6) is 0 Å². The lowest BCUT2D eigenvalue weighted by molar-refractivity contribution is -0.258. The maximum Gasteiger partial charge on any atom is 0.338 e. The Balaban J connectivity index is 1.29. The van der Waals surface area contributed by atoms with E-state index in [1.165, 1.54) is 18.9 Å². The van der Waals surface area contributed by atoms with Gasteiger partial charge in [-0.25, -0.2) is 14.4 Å². The van der Waals surface area contributed by atoms with Gasteiger partial charge in [-0.15, -0.1) is 11.8 Å². The van der Waals surface area contributed by atoms with E-state index < -0.39 is 73.7 Å². The first-order valence-electron chi connectivity index (χ1n) is 21.8. The van der Waals surface area contributed by atoms with Gasteiger partial charge in [-0.2, -0.15) is 0 Å². The molecular formula is C52H56O11SSi. The van der Waals surface area contributed by atoms with Gasteiger partial charge in [0.25, 0.3) is 8.32 Å². The van der Waals surface area contributed by atoms with Gasteiger partial charge in [0.15, 0.2) is 24.8 Å². The summed E-state index contributed by atoms with van der Waals surface area (Å²) in [6.07, 6.45) is -2.08. The molecule has 0 aromatic heterocycles. The van der Waals surface area contributed by atoms with Crippen LogP contribution in [0.15, 0.2) is 164 Å². The van der Waals surface area contributed by atoms with E-state index in [9.17, 15) is 14.4 Å². The van der Waals surface area contributed by atoms with Crippen LogP contribution in [0.4, 0.5) is 0 Å². The minimum atomic E-state index is -3.05. The fourth-order valence-electron chi connectivity index (χ4n) is 8.27. The summed E-state index contributed by atoms with van der Waals surface area (Å²) >= 11 is 1.39. The zero-order chi connectivity index (χ0) is 45.8. The molecule has 5 aromatic carbocycles. The number of carbonyl (C=O) groups excluding carboxylic acids is 3. The summed E-state index contributed by atoms with van der Waals surface area (Å²) < 4.78 is 51.3. The van der Waals surface area contributed by atoms with Crippen molar-refractivity contribution in [1.82, 2.24) is 0 Å². The zero-order valence-electron chi connectivity index (χ0n) is 37.2. The number of carbonyl (C=O) groups is 3. The SMILES string of the molecule is CCO[C@@H]1C=C[C@H](S[C@@H]2[C@H](OC(=O)c3ccccc3)[C@@H](OC(=O)c3ccccc3)[C@@H](OC)O[C@@H]2COC(=O)c2ccccc2)[C@@H](CO[Si](c2ccccc2)(c2ccccc2)C(C)(C)C)O1. The lowest BCUT2D eigenvalue weighted by Crippen LogP contribution is -2.67. The molecule has 8 atom stereocenters. The standard InChI is InChI=1S/C52H56O11SSi/c1-6-57-44-33-32-43(41(60-44)35-59-65(52(2,3)4,39-28-18-10-19-29-39)40-30-20-11-21-31-40)64-47-42(34-58-48(53)36-22-12-7-13-23-36)61-51(56-5)46(63-50(55)38-26-16-9-17-27-38)45(47)62-49(54)37-24-14-8-15-25-37/h7-33,41-47,51H,6,34-35H2,1-5H3/t41-,42-,43+,44+,45-,46-,47+,51+/m1/s1. The van der Waals surface area contributed by atoms with Crippen molar-refractivity contribution in [2.24, 2.45) is 0 Å². The smallest absolute Gasteiger partial charge is 0.338 e. The maximum absolute atomic E-state index is 14.2. The highest BCUT2D eigenvalue weighted by Gasteiger charge is 2.54. The van der Waals surface area contributed by atoms with Gasteiger partial charge in [-0.05, 0) is 64.8 Å². The highest BCUT2D eigenvalue weighted by atomic mass is 32.2. The quantitative estimate of drug-likeness (QED) is 0.0388. The van der Waals surface area contributed by atoms with E-state index in [0.29, 0.717) is 12.2 Å². The molecule has 0 spiro atoms. The number of rotatable bonds is 17. The van der Waals surface area contributed by atoms with Gasteiger partial charge in [0.05, 0.1) is 39.9 Å². The normalized spacial score (nSPS) is 23.3. The first-order valence-corrected chi connectivity index (χ1v) is 24.7. The van der Waals surface area contributed by atoms with Gasteiger partial charge in [0, 0.05) is 13.7 Å². The van der Waals surface area contributed by atoms with Gasteiger partial charge in [-0.3, -0.25) is 0 Å². The molecule has 0 saturated carbocycles.